The fraction of sp³-hybridized carbons (Fsp3) is 0.240. The number of ether oxygens (including phenoxy) is 2. The predicted molar refractivity (Wildman–Crippen MR) is 119 cm³/mol. The van der Waals surface area contributed by atoms with E-state index in [-0.39, 0.29) is 11.9 Å². The summed E-state index contributed by atoms with van der Waals surface area (Å²) in [6.45, 7) is 3.65. The van der Waals surface area contributed by atoms with Gasteiger partial charge in [0, 0.05) is 18.3 Å². The van der Waals surface area contributed by atoms with Crippen LogP contribution in [0.3, 0.4) is 0 Å². The number of anilines is 1. The Bertz CT molecular complexity index is 1020. The molecule has 3 aromatic rings. The zero-order valence-corrected chi connectivity index (χ0v) is 17.3. The Morgan fingerprint density at radius 3 is 2.47 bits per heavy atom. The Hall–Kier alpha value is -3.31. The lowest BCUT2D eigenvalue weighted by Gasteiger charge is -2.25. The lowest BCUT2D eigenvalue weighted by atomic mass is 9.99. The summed E-state index contributed by atoms with van der Waals surface area (Å²) in [7, 11) is 1.97. The SMILES string of the molecule is CC(C(=O)Nc1ccc2c(c1)OCCO2)N(C)Cc1ccccc1-c1ccccc1. The normalized spacial score (nSPS) is 13.7. The lowest BCUT2D eigenvalue weighted by Crippen LogP contribution is -2.39. The number of amides is 1. The number of carbonyl (C=O) groups excluding carboxylic acids is 1. The minimum atomic E-state index is -0.304. The van der Waals surface area contributed by atoms with Gasteiger partial charge in [0.1, 0.15) is 13.2 Å². The summed E-state index contributed by atoms with van der Waals surface area (Å²) in [5, 5.41) is 2.99. The number of hydrogen-bond donors (Lipinski definition) is 1. The number of rotatable bonds is 6. The van der Waals surface area contributed by atoms with E-state index in [0.717, 1.165) is 0 Å². The Labute approximate surface area is 177 Å². The van der Waals surface area contributed by atoms with E-state index in [0.29, 0.717) is 36.9 Å². The second-order valence-electron chi connectivity index (χ2n) is 7.46. The second kappa shape index (κ2) is 9.01. The van der Waals surface area contributed by atoms with Crippen LogP contribution in [0.25, 0.3) is 11.1 Å². The molecule has 1 heterocycles. The molecule has 1 atom stereocenters. The van der Waals surface area contributed by atoms with E-state index in [2.05, 4.69) is 34.5 Å². The van der Waals surface area contributed by atoms with Crippen molar-refractivity contribution in [2.75, 3.05) is 25.6 Å². The Morgan fingerprint density at radius 2 is 1.67 bits per heavy atom. The van der Waals surface area contributed by atoms with Gasteiger partial charge in [0.15, 0.2) is 11.5 Å². The van der Waals surface area contributed by atoms with Crippen molar-refractivity contribution in [1.82, 2.24) is 4.90 Å². The molecular weight excluding hydrogens is 376 g/mol. The van der Waals surface area contributed by atoms with E-state index >= 15 is 0 Å². The summed E-state index contributed by atoms with van der Waals surface area (Å²) in [4.78, 5) is 14.9. The molecule has 0 spiro atoms. The topological polar surface area (TPSA) is 50.8 Å². The van der Waals surface area contributed by atoms with Crippen LogP contribution in [-0.4, -0.2) is 37.1 Å². The van der Waals surface area contributed by atoms with Gasteiger partial charge in [-0.15, -0.1) is 0 Å². The molecule has 1 aliphatic rings. The largest absolute Gasteiger partial charge is 0.486 e. The minimum absolute atomic E-state index is 0.0635. The third-order valence-corrected chi connectivity index (χ3v) is 5.37. The first-order valence-electron chi connectivity index (χ1n) is 10.2. The average Bonchev–Trinajstić information content (AvgIpc) is 2.79. The number of hydrogen-bond acceptors (Lipinski definition) is 4. The maximum atomic E-state index is 12.8. The van der Waals surface area contributed by atoms with E-state index in [1.165, 1.54) is 16.7 Å². The standard InChI is InChI=1S/C25H26N2O3/c1-18(25(28)26-21-12-13-23-24(16-21)30-15-14-29-23)27(2)17-20-10-6-7-11-22(20)19-8-4-3-5-9-19/h3-13,16,18H,14-15,17H2,1-2H3,(H,26,28). The fourth-order valence-corrected chi connectivity index (χ4v) is 3.53. The molecule has 1 unspecified atom stereocenters. The van der Waals surface area contributed by atoms with Gasteiger partial charge in [-0.25, -0.2) is 0 Å². The molecule has 0 aliphatic carbocycles. The molecule has 5 nitrogen and oxygen atoms in total. The van der Waals surface area contributed by atoms with E-state index in [1.54, 1.807) is 0 Å². The number of carbonyl (C=O) groups is 1. The van der Waals surface area contributed by atoms with Gasteiger partial charge in [-0.1, -0.05) is 54.6 Å². The van der Waals surface area contributed by atoms with Crippen molar-refractivity contribution in [2.45, 2.75) is 19.5 Å². The van der Waals surface area contributed by atoms with Crippen molar-refractivity contribution in [2.24, 2.45) is 0 Å². The monoisotopic (exact) mass is 402 g/mol. The van der Waals surface area contributed by atoms with Crippen LogP contribution in [0.2, 0.25) is 0 Å². The van der Waals surface area contributed by atoms with Crippen molar-refractivity contribution >= 4 is 11.6 Å². The van der Waals surface area contributed by atoms with Crippen LogP contribution in [0.4, 0.5) is 5.69 Å². The van der Waals surface area contributed by atoms with Gasteiger partial charge >= 0.3 is 0 Å². The molecule has 1 amide bonds. The zero-order valence-electron chi connectivity index (χ0n) is 17.3. The number of likely N-dealkylation sites (N-methyl/N-ethyl adjacent to an activating group) is 1. The molecule has 3 aromatic carbocycles. The summed E-state index contributed by atoms with van der Waals surface area (Å²) in [5.74, 6) is 1.31. The highest BCUT2D eigenvalue weighted by atomic mass is 16.6. The predicted octanol–water partition coefficient (Wildman–Crippen LogP) is 4.58. The minimum Gasteiger partial charge on any atom is -0.486 e. The molecule has 0 bridgehead atoms. The van der Waals surface area contributed by atoms with Gasteiger partial charge in [0.25, 0.3) is 0 Å². The molecule has 154 valence electrons. The highest BCUT2D eigenvalue weighted by Gasteiger charge is 2.20. The van der Waals surface area contributed by atoms with Gasteiger partial charge in [0.2, 0.25) is 5.91 Å². The summed E-state index contributed by atoms with van der Waals surface area (Å²) in [6.07, 6.45) is 0. The number of nitrogens with one attached hydrogen (secondary N) is 1. The van der Waals surface area contributed by atoms with Crippen LogP contribution in [-0.2, 0) is 11.3 Å². The molecule has 1 N–H and O–H groups in total. The van der Waals surface area contributed by atoms with E-state index in [1.807, 2.05) is 62.5 Å². The highest BCUT2D eigenvalue weighted by molar-refractivity contribution is 5.94. The lowest BCUT2D eigenvalue weighted by molar-refractivity contribution is -0.120. The van der Waals surface area contributed by atoms with Gasteiger partial charge in [0.05, 0.1) is 6.04 Å². The average molecular weight is 402 g/mol. The van der Waals surface area contributed by atoms with E-state index in [9.17, 15) is 4.79 Å². The van der Waals surface area contributed by atoms with Gasteiger partial charge in [-0.2, -0.15) is 0 Å². The molecule has 1 aliphatic heterocycles. The third kappa shape index (κ3) is 4.47. The van der Waals surface area contributed by atoms with Gasteiger partial charge in [-0.05, 0) is 42.8 Å². The first kappa shape index (κ1) is 20.0. The van der Waals surface area contributed by atoms with E-state index in [4.69, 9.17) is 9.47 Å². The van der Waals surface area contributed by atoms with Gasteiger partial charge in [-0.3, -0.25) is 9.69 Å². The van der Waals surface area contributed by atoms with Crippen molar-refractivity contribution in [1.29, 1.82) is 0 Å². The Kier molecular flexibility index (Phi) is 6.00. The summed E-state index contributed by atoms with van der Waals surface area (Å²) in [5.41, 5.74) is 4.25. The first-order chi connectivity index (χ1) is 14.6. The van der Waals surface area contributed by atoms with Crippen LogP contribution in [0.1, 0.15) is 12.5 Å². The second-order valence-corrected chi connectivity index (χ2v) is 7.46. The van der Waals surface area contributed by atoms with Crippen LogP contribution in [0, 0.1) is 0 Å². The maximum Gasteiger partial charge on any atom is 0.241 e. The molecule has 0 aromatic heterocycles. The quantitative estimate of drug-likeness (QED) is 0.656. The summed E-state index contributed by atoms with van der Waals surface area (Å²) >= 11 is 0. The smallest absolute Gasteiger partial charge is 0.241 e. The highest BCUT2D eigenvalue weighted by Crippen LogP contribution is 2.32. The molecule has 0 fully saturated rings. The van der Waals surface area contributed by atoms with Crippen molar-refractivity contribution in [3.63, 3.8) is 0 Å². The van der Waals surface area contributed by atoms with Crippen LogP contribution in [0.5, 0.6) is 11.5 Å². The van der Waals surface area contributed by atoms with Crippen LogP contribution in [0.15, 0.2) is 72.8 Å². The molecule has 0 saturated carbocycles. The molecular formula is C25H26N2O3. The van der Waals surface area contributed by atoms with Gasteiger partial charge < -0.3 is 14.8 Å². The fourth-order valence-electron chi connectivity index (χ4n) is 3.53. The maximum absolute atomic E-state index is 12.8. The van der Waals surface area contributed by atoms with Crippen LogP contribution >= 0.6 is 0 Å². The van der Waals surface area contributed by atoms with Crippen molar-refractivity contribution < 1.29 is 14.3 Å². The van der Waals surface area contributed by atoms with Crippen molar-refractivity contribution in [3.05, 3.63) is 78.4 Å². The molecule has 0 saturated heterocycles. The summed E-state index contributed by atoms with van der Waals surface area (Å²) in [6, 6.07) is 23.8. The zero-order chi connectivity index (χ0) is 20.9. The van der Waals surface area contributed by atoms with E-state index < -0.39 is 0 Å². The molecule has 5 heteroatoms. The summed E-state index contributed by atoms with van der Waals surface area (Å²) < 4.78 is 11.1. The van der Waals surface area contributed by atoms with Crippen molar-refractivity contribution in [3.8, 4) is 22.6 Å². The third-order valence-electron chi connectivity index (χ3n) is 5.37. The molecule has 0 radical (unpaired) electrons. The number of benzene rings is 3. The molecule has 30 heavy (non-hydrogen) atoms. The number of nitrogens with zero attached hydrogens (tertiary/aromatic N) is 1. The molecule has 4 rings (SSSR count). The Morgan fingerprint density at radius 1 is 0.967 bits per heavy atom. The van der Waals surface area contributed by atoms with Crippen LogP contribution < -0.4 is 14.8 Å². The Balaban J connectivity index is 1.44. The first-order valence-corrected chi connectivity index (χ1v) is 10.2. The number of fused-ring (bicyclic) bond motifs is 1.